The first kappa shape index (κ1) is 15.0. The van der Waals surface area contributed by atoms with Gasteiger partial charge >= 0.3 is 0 Å². The Morgan fingerprint density at radius 1 is 1.21 bits per heavy atom. The topological polar surface area (TPSA) is 59.3 Å². The summed E-state index contributed by atoms with van der Waals surface area (Å²) in [5.41, 5.74) is 1.86. The number of thioether (sulfide) groups is 1. The van der Waals surface area contributed by atoms with Gasteiger partial charge in [-0.2, -0.15) is 4.99 Å². The van der Waals surface area contributed by atoms with Crippen molar-refractivity contribution in [2.24, 2.45) is 4.99 Å². The van der Waals surface area contributed by atoms with Gasteiger partial charge in [0.1, 0.15) is 5.82 Å². The van der Waals surface area contributed by atoms with Gasteiger partial charge in [0.15, 0.2) is 0 Å². The Labute approximate surface area is 143 Å². The predicted molar refractivity (Wildman–Crippen MR) is 96.3 cm³/mol. The largest absolute Gasteiger partial charge is 0.369 e. The van der Waals surface area contributed by atoms with E-state index in [0.29, 0.717) is 11.2 Å². The van der Waals surface area contributed by atoms with Crippen LogP contribution >= 0.6 is 11.8 Å². The molecule has 0 spiro atoms. The third-order valence-electron chi connectivity index (χ3n) is 4.06. The maximum atomic E-state index is 12.5. The Morgan fingerprint density at radius 3 is 2.79 bits per heavy atom. The van der Waals surface area contributed by atoms with E-state index < -0.39 is 0 Å². The van der Waals surface area contributed by atoms with Crippen molar-refractivity contribution in [2.75, 3.05) is 18.1 Å². The molecular formula is C18H16N4OS. The summed E-state index contributed by atoms with van der Waals surface area (Å²) >= 11 is 1.64. The maximum Gasteiger partial charge on any atom is 0.280 e. The van der Waals surface area contributed by atoms with Crippen LogP contribution in [0.4, 0.5) is 5.82 Å². The molecule has 4 rings (SSSR count). The molecule has 6 heteroatoms. The van der Waals surface area contributed by atoms with Crippen LogP contribution in [0.15, 0.2) is 58.4 Å². The summed E-state index contributed by atoms with van der Waals surface area (Å²) in [6.07, 6.45) is 2.01. The van der Waals surface area contributed by atoms with Crippen LogP contribution in [-0.4, -0.2) is 28.3 Å². The molecular weight excluding hydrogens is 320 g/mol. The summed E-state index contributed by atoms with van der Waals surface area (Å²) in [4.78, 5) is 22.5. The molecule has 0 saturated carbocycles. The number of carbonyl (C=O) groups is 1. The first-order valence-electron chi connectivity index (χ1n) is 7.73. The third kappa shape index (κ3) is 2.59. The van der Waals surface area contributed by atoms with Crippen LogP contribution in [0.3, 0.4) is 0 Å². The molecule has 1 amide bonds. The molecule has 0 unspecified atom stereocenters. The van der Waals surface area contributed by atoms with E-state index in [2.05, 4.69) is 15.3 Å². The fourth-order valence-corrected chi connectivity index (χ4v) is 3.26. The number of nitrogens with zero attached hydrogens (tertiary/aromatic N) is 3. The van der Waals surface area contributed by atoms with Crippen molar-refractivity contribution in [3.63, 3.8) is 0 Å². The Bertz CT molecular complexity index is 992. The van der Waals surface area contributed by atoms with Crippen LogP contribution in [0.2, 0.25) is 0 Å². The van der Waals surface area contributed by atoms with Gasteiger partial charge in [-0.05, 0) is 42.7 Å². The number of carbonyl (C=O) groups excluding carboxylic acids is 1. The first-order chi connectivity index (χ1) is 11.8. The number of rotatable bonds is 2. The van der Waals surface area contributed by atoms with Crippen molar-refractivity contribution in [1.29, 1.82) is 0 Å². The molecule has 1 aromatic heterocycles. The lowest BCUT2D eigenvalue weighted by Gasteiger charge is -2.07. The average molecular weight is 336 g/mol. The molecule has 0 fully saturated rings. The summed E-state index contributed by atoms with van der Waals surface area (Å²) < 4.78 is 1.97. The van der Waals surface area contributed by atoms with Gasteiger partial charge < -0.3 is 5.32 Å². The van der Waals surface area contributed by atoms with Crippen molar-refractivity contribution in [1.82, 2.24) is 9.55 Å². The highest BCUT2D eigenvalue weighted by molar-refractivity contribution is 7.98. The second kappa shape index (κ2) is 6.13. The quantitative estimate of drug-likeness (QED) is 0.731. The van der Waals surface area contributed by atoms with Crippen molar-refractivity contribution in [2.45, 2.75) is 11.4 Å². The zero-order valence-electron chi connectivity index (χ0n) is 13.2. The van der Waals surface area contributed by atoms with Crippen LogP contribution in [0.5, 0.6) is 0 Å². The normalized spacial score (nSPS) is 13.8. The molecule has 0 aliphatic carbocycles. The molecule has 1 aliphatic rings. The zero-order chi connectivity index (χ0) is 16.5. The minimum absolute atomic E-state index is 0.271. The zero-order valence-corrected chi connectivity index (χ0v) is 14.0. The fourth-order valence-electron chi connectivity index (χ4n) is 2.85. The minimum Gasteiger partial charge on any atom is -0.369 e. The monoisotopic (exact) mass is 336 g/mol. The van der Waals surface area contributed by atoms with Crippen LogP contribution in [0, 0.1) is 0 Å². The van der Waals surface area contributed by atoms with Crippen molar-refractivity contribution < 1.29 is 4.79 Å². The molecule has 2 heterocycles. The number of aromatic nitrogens is 2. The second-order valence-electron chi connectivity index (χ2n) is 5.50. The summed E-state index contributed by atoms with van der Waals surface area (Å²) in [5, 5.41) is 4.41. The highest BCUT2D eigenvalue weighted by Crippen LogP contribution is 2.22. The Kier molecular flexibility index (Phi) is 3.82. The predicted octanol–water partition coefficient (Wildman–Crippen LogP) is 2.92. The smallest absolute Gasteiger partial charge is 0.280 e. The lowest BCUT2D eigenvalue weighted by Crippen LogP contribution is -2.24. The molecule has 0 bridgehead atoms. The van der Waals surface area contributed by atoms with Gasteiger partial charge in [0, 0.05) is 28.9 Å². The van der Waals surface area contributed by atoms with E-state index in [1.165, 1.54) is 0 Å². The summed E-state index contributed by atoms with van der Waals surface area (Å²) in [7, 11) is 0. The Balaban J connectivity index is 1.83. The van der Waals surface area contributed by atoms with Crippen LogP contribution < -0.4 is 10.9 Å². The van der Waals surface area contributed by atoms with E-state index in [9.17, 15) is 4.79 Å². The molecule has 3 aromatic rings. The van der Waals surface area contributed by atoms with Crippen LogP contribution in [-0.2, 0) is 6.54 Å². The van der Waals surface area contributed by atoms with E-state index >= 15 is 0 Å². The van der Waals surface area contributed by atoms with E-state index in [1.807, 2.05) is 59.4 Å². The molecule has 0 radical (unpaired) electrons. The SMILES string of the molecule is CSc1ccc(C(=O)N=c2nc3ccccc3c3n2CCN3)cc1. The number of fused-ring (bicyclic) bond motifs is 3. The lowest BCUT2D eigenvalue weighted by atomic mass is 10.2. The molecule has 5 nitrogen and oxygen atoms in total. The summed E-state index contributed by atoms with van der Waals surface area (Å²) in [6, 6.07) is 15.4. The van der Waals surface area contributed by atoms with Gasteiger partial charge in [-0.1, -0.05) is 12.1 Å². The van der Waals surface area contributed by atoms with Crippen molar-refractivity contribution in [3.05, 3.63) is 59.7 Å². The Hall–Kier alpha value is -2.60. The van der Waals surface area contributed by atoms with Crippen molar-refractivity contribution in [3.8, 4) is 0 Å². The van der Waals surface area contributed by atoms with Gasteiger partial charge in [-0.25, -0.2) is 4.98 Å². The highest BCUT2D eigenvalue weighted by Gasteiger charge is 2.15. The average Bonchev–Trinajstić information content (AvgIpc) is 3.12. The van der Waals surface area contributed by atoms with E-state index in [0.717, 1.165) is 34.7 Å². The highest BCUT2D eigenvalue weighted by atomic mass is 32.2. The molecule has 24 heavy (non-hydrogen) atoms. The van der Waals surface area contributed by atoms with E-state index in [-0.39, 0.29) is 5.91 Å². The van der Waals surface area contributed by atoms with E-state index in [1.54, 1.807) is 11.8 Å². The molecule has 120 valence electrons. The number of hydrogen-bond acceptors (Lipinski definition) is 4. The first-order valence-corrected chi connectivity index (χ1v) is 8.95. The van der Waals surface area contributed by atoms with Gasteiger partial charge in [0.05, 0.1) is 5.52 Å². The lowest BCUT2D eigenvalue weighted by molar-refractivity contribution is 0.0996. The molecule has 0 atom stereocenters. The number of amides is 1. The van der Waals surface area contributed by atoms with E-state index in [4.69, 9.17) is 0 Å². The number of hydrogen-bond donors (Lipinski definition) is 1. The molecule has 1 N–H and O–H groups in total. The summed E-state index contributed by atoms with van der Waals surface area (Å²) in [6.45, 7) is 1.57. The second-order valence-corrected chi connectivity index (χ2v) is 6.38. The van der Waals surface area contributed by atoms with Gasteiger partial charge in [-0.3, -0.25) is 9.36 Å². The maximum absolute atomic E-state index is 12.5. The molecule has 2 aromatic carbocycles. The van der Waals surface area contributed by atoms with Gasteiger partial charge in [0.2, 0.25) is 5.62 Å². The number of benzene rings is 2. The summed E-state index contributed by atoms with van der Waals surface area (Å²) in [5.74, 6) is 0.705. The standard InChI is InChI=1S/C18H16N4OS/c1-24-13-8-6-12(7-9-13)17(23)21-18-20-15-5-3-2-4-14(15)16-19-10-11-22(16)18/h2-9,19H,10-11H2,1H3. The Morgan fingerprint density at radius 2 is 2.00 bits per heavy atom. The molecule has 1 aliphatic heterocycles. The van der Waals surface area contributed by atoms with Crippen LogP contribution in [0.1, 0.15) is 10.4 Å². The minimum atomic E-state index is -0.271. The fraction of sp³-hybridized carbons (Fsp3) is 0.167. The number of anilines is 1. The molecule has 0 saturated heterocycles. The van der Waals surface area contributed by atoms with Crippen LogP contribution in [0.25, 0.3) is 10.9 Å². The number of para-hydroxylation sites is 1. The number of nitrogens with one attached hydrogen (secondary N) is 1. The van der Waals surface area contributed by atoms with Crippen molar-refractivity contribution >= 4 is 34.4 Å². The van der Waals surface area contributed by atoms with Gasteiger partial charge in [-0.15, -0.1) is 11.8 Å². The van der Waals surface area contributed by atoms with Gasteiger partial charge in [0.25, 0.3) is 5.91 Å². The third-order valence-corrected chi connectivity index (χ3v) is 4.80.